The molecule has 0 radical (unpaired) electrons. The highest BCUT2D eigenvalue weighted by Gasteiger charge is 2.33. The van der Waals surface area contributed by atoms with Crippen molar-refractivity contribution in [2.24, 2.45) is 5.92 Å². The third-order valence-corrected chi connectivity index (χ3v) is 8.73. The van der Waals surface area contributed by atoms with Gasteiger partial charge in [-0.25, -0.2) is 12.8 Å². The van der Waals surface area contributed by atoms with E-state index in [0.717, 1.165) is 17.7 Å². The summed E-state index contributed by atoms with van der Waals surface area (Å²) >= 11 is 1.46. The molecule has 0 aliphatic carbocycles. The third kappa shape index (κ3) is 4.67. The normalized spacial score (nSPS) is 19.5. The highest BCUT2D eigenvalue weighted by Crippen LogP contribution is 2.38. The number of carbonyl (C=O) groups is 2. The minimum absolute atomic E-state index is 0.108. The zero-order valence-electron chi connectivity index (χ0n) is 17.6. The molecule has 1 saturated heterocycles. The average molecular weight is 478 g/mol. The average Bonchev–Trinajstić information content (AvgIpc) is 3.28. The van der Waals surface area contributed by atoms with Crippen molar-refractivity contribution in [2.45, 2.75) is 29.6 Å². The number of halogens is 1. The molecule has 0 spiro atoms. The molecular formula is C22H24FN3O4S2. The predicted molar refractivity (Wildman–Crippen MR) is 122 cm³/mol. The van der Waals surface area contributed by atoms with Crippen LogP contribution in [0.1, 0.15) is 19.8 Å². The smallest absolute Gasteiger partial charge is 0.244 e. The van der Waals surface area contributed by atoms with E-state index < -0.39 is 21.7 Å². The number of carbonyl (C=O) groups excluding carboxylic acids is 2. The van der Waals surface area contributed by atoms with Gasteiger partial charge in [0.2, 0.25) is 21.8 Å². The molecule has 4 rings (SSSR count). The number of hydrogen-bond donors (Lipinski definition) is 1. The molecule has 2 aromatic rings. The van der Waals surface area contributed by atoms with E-state index in [-0.39, 0.29) is 29.0 Å². The Morgan fingerprint density at radius 3 is 2.66 bits per heavy atom. The molecule has 170 valence electrons. The molecule has 32 heavy (non-hydrogen) atoms. The summed E-state index contributed by atoms with van der Waals surface area (Å²) < 4.78 is 41.0. The van der Waals surface area contributed by atoms with Gasteiger partial charge in [0.15, 0.2) is 0 Å². The second-order valence-electron chi connectivity index (χ2n) is 7.94. The summed E-state index contributed by atoms with van der Waals surface area (Å²) in [5.74, 6) is -1.08. The van der Waals surface area contributed by atoms with Gasteiger partial charge in [-0.15, -0.1) is 11.8 Å². The van der Waals surface area contributed by atoms with Crippen molar-refractivity contribution >= 4 is 45.0 Å². The molecule has 2 amide bonds. The molecule has 2 aliphatic rings. The topological polar surface area (TPSA) is 86.8 Å². The second-order valence-corrected chi connectivity index (χ2v) is 10.9. The lowest BCUT2D eigenvalue weighted by molar-refractivity contribution is -0.123. The molecule has 2 aliphatic heterocycles. The van der Waals surface area contributed by atoms with Gasteiger partial charge >= 0.3 is 0 Å². The number of benzene rings is 2. The van der Waals surface area contributed by atoms with E-state index in [2.05, 4.69) is 5.32 Å². The van der Waals surface area contributed by atoms with Crippen LogP contribution in [0, 0.1) is 11.7 Å². The third-order valence-electron chi connectivity index (χ3n) is 5.51. The van der Waals surface area contributed by atoms with Crippen LogP contribution in [0.5, 0.6) is 0 Å². The maximum Gasteiger partial charge on any atom is 0.244 e. The van der Waals surface area contributed by atoms with Gasteiger partial charge < -0.3 is 10.2 Å². The van der Waals surface area contributed by atoms with E-state index in [0.29, 0.717) is 24.5 Å². The highest BCUT2D eigenvalue weighted by molar-refractivity contribution is 7.99. The van der Waals surface area contributed by atoms with E-state index >= 15 is 0 Å². The summed E-state index contributed by atoms with van der Waals surface area (Å²) in [4.78, 5) is 28.0. The number of nitrogens with zero attached hydrogens (tertiary/aromatic N) is 2. The van der Waals surface area contributed by atoms with Crippen molar-refractivity contribution in [1.29, 1.82) is 0 Å². The monoisotopic (exact) mass is 477 g/mol. The fraction of sp³-hybridized carbons (Fsp3) is 0.364. The van der Waals surface area contributed by atoms with E-state index in [1.807, 2.05) is 0 Å². The lowest BCUT2D eigenvalue weighted by Gasteiger charge is -2.25. The summed E-state index contributed by atoms with van der Waals surface area (Å²) in [7, 11) is -3.68. The first-order chi connectivity index (χ1) is 15.3. The van der Waals surface area contributed by atoms with Crippen LogP contribution in [-0.4, -0.2) is 49.9 Å². The highest BCUT2D eigenvalue weighted by atomic mass is 32.2. The molecule has 0 aromatic heterocycles. The van der Waals surface area contributed by atoms with Crippen LogP contribution in [0.2, 0.25) is 0 Å². The largest absolute Gasteiger partial charge is 0.324 e. The van der Waals surface area contributed by atoms with Crippen molar-refractivity contribution in [3.8, 4) is 0 Å². The number of amides is 2. The van der Waals surface area contributed by atoms with Crippen LogP contribution in [-0.2, 0) is 19.6 Å². The number of thioether (sulfide) groups is 1. The number of nitrogens with one attached hydrogen (secondary N) is 1. The molecule has 0 bridgehead atoms. The Morgan fingerprint density at radius 1 is 1.19 bits per heavy atom. The van der Waals surface area contributed by atoms with Gasteiger partial charge in [-0.2, -0.15) is 4.31 Å². The zero-order chi connectivity index (χ0) is 22.9. The van der Waals surface area contributed by atoms with E-state index in [4.69, 9.17) is 0 Å². The minimum atomic E-state index is -3.68. The molecule has 1 atom stereocenters. The van der Waals surface area contributed by atoms with Gasteiger partial charge in [-0.05, 0) is 49.2 Å². The number of rotatable bonds is 5. The van der Waals surface area contributed by atoms with Crippen LogP contribution < -0.4 is 10.2 Å². The molecule has 10 heteroatoms. The number of anilines is 2. The first-order valence-electron chi connectivity index (χ1n) is 10.4. The summed E-state index contributed by atoms with van der Waals surface area (Å²) in [6.45, 7) is 2.43. The Kier molecular flexibility index (Phi) is 6.55. The van der Waals surface area contributed by atoms with Crippen LogP contribution >= 0.6 is 11.8 Å². The summed E-state index contributed by atoms with van der Waals surface area (Å²) in [5.41, 5.74) is 0.685. The van der Waals surface area contributed by atoms with Crippen molar-refractivity contribution < 1.29 is 22.4 Å². The number of sulfonamides is 1. The summed E-state index contributed by atoms with van der Waals surface area (Å²) in [6, 6.07) is 10.2. The molecule has 1 N–H and O–H groups in total. The minimum Gasteiger partial charge on any atom is -0.324 e. The van der Waals surface area contributed by atoms with Gasteiger partial charge in [0.1, 0.15) is 12.4 Å². The Bertz CT molecular complexity index is 1150. The second kappa shape index (κ2) is 9.21. The van der Waals surface area contributed by atoms with E-state index in [1.165, 1.54) is 45.2 Å². The SMILES string of the molecule is C[C@H]1CSc2ccc(S(=O)(=O)N3CCCC3)cc2N(CC(=O)Nc2cccc(F)c2)C1=O. The molecule has 0 unspecified atom stereocenters. The van der Waals surface area contributed by atoms with Gasteiger partial charge in [0.25, 0.3) is 0 Å². The van der Waals surface area contributed by atoms with Crippen LogP contribution in [0.25, 0.3) is 0 Å². The van der Waals surface area contributed by atoms with E-state index in [1.54, 1.807) is 25.1 Å². The fourth-order valence-electron chi connectivity index (χ4n) is 3.81. The zero-order valence-corrected chi connectivity index (χ0v) is 19.2. The standard InChI is InChI=1S/C22H24FN3O4S2/c1-15-14-31-20-8-7-18(32(29,30)25-9-2-3-10-25)12-19(20)26(22(15)28)13-21(27)24-17-6-4-5-16(23)11-17/h4-8,11-12,15H,2-3,9-10,13-14H2,1H3,(H,24,27)/t15-/m0/s1. The van der Waals surface area contributed by atoms with Crippen molar-refractivity contribution in [3.05, 3.63) is 48.3 Å². The van der Waals surface area contributed by atoms with Crippen LogP contribution in [0.4, 0.5) is 15.8 Å². The molecule has 1 fully saturated rings. The first kappa shape index (κ1) is 22.8. The molecule has 2 heterocycles. The van der Waals surface area contributed by atoms with Crippen molar-refractivity contribution in [3.63, 3.8) is 0 Å². The Balaban J connectivity index is 1.65. The molecule has 0 saturated carbocycles. The van der Waals surface area contributed by atoms with Gasteiger partial charge in [-0.3, -0.25) is 9.59 Å². The Hall–Kier alpha value is -2.43. The molecule has 2 aromatic carbocycles. The maximum absolute atomic E-state index is 13.4. The first-order valence-corrected chi connectivity index (χ1v) is 12.8. The number of fused-ring (bicyclic) bond motifs is 1. The van der Waals surface area contributed by atoms with Crippen LogP contribution in [0.3, 0.4) is 0 Å². The van der Waals surface area contributed by atoms with E-state index in [9.17, 15) is 22.4 Å². The fourth-order valence-corrected chi connectivity index (χ4v) is 6.40. The lowest BCUT2D eigenvalue weighted by atomic mass is 10.1. The Labute approximate surface area is 191 Å². The Morgan fingerprint density at radius 2 is 1.94 bits per heavy atom. The summed E-state index contributed by atoms with van der Waals surface area (Å²) in [6.07, 6.45) is 1.64. The van der Waals surface area contributed by atoms with Gasteiger partial charge in [-0.1, -0.05) is 13.0 Å². The lowest BCUT2D eigenvalue weighted by Crippen LogP contribution is -2.41. The molecular weight excluding hydrogens is 453 g/mol. The molecule has 7 nitrogen and oxygen atoms in total. The summed E-state index contributed by atoms with van der Waals surface area (Å²) in [5, 5.41) is 2.60. The van der Waals surface area contributed by atoms with Crippen molar-refractivity contribution in [2.75, 3.05) is 35.6 Å². The van der Waals surface area contributed by atoms with Gasteiger partial charge in [0.05, 0.1) is 10.6 Å². The maximum atomic E-state index is 13.4. The number of hydrogen-bond acceptors (Lipinski definition) is 5. The van der Waals surface area contributed by atoms with Crippen molar-refractivity contribution in [1.82, 2.24) is 4.31 Å². The predicted octanol–water partition coefficient (Wildman–Crippen LogP) is 3.32. The quantitative estimate of drug-likeness (QED) is 0.714. The van der Waals surface area contributed by atoms with Gasteiger partial charge in [0, 0.05) is 35.3 Å². The van der Waals surface area contributed by atoms with Crippen LogP contribution in [0.15, 0.2) is 52.3 Å².